The highest BCUT2D eigenvalue weighted by Gasteiger charge is 2.36. The number of hydrogen-bond donors (Lipinski definition) is 2. The number of nitrogens with zero attached hydrogens (tertiary/aromatic N) is 2. The number of nitrogens with two attached hydrogens (primary N) is 1. The molecule has 1 heterocycles. The van der Waals surface area contributed by atoms with Crippen molar-refractivity contribution < 1.29 is 19.1 Å². The van der Waals surface area contributed by atoms with E-state index in [4.69, 9.17) is 15.7 Å². The van der Waals surface area contributed by atoms with Gasteiger partial charge in [-0.3, -0.25) is 14.5 Å². The first-order valence-electron chi connectivity index (χ1n) is 10.0. The molecule has 1 aliphatic heterocycles. The Bertz CT molecular complexity index is 987. The predicted molar refractivity (Wildman–Crippen MR) is 113 cm³/mol. The van der Waals surface area contributed by atoms with Gasteiger partial charge in [-0.1, -0.05) is 54.6 Å². The van der Waals surface area contributed by atoms with Gasteiger partial charge in [0.2, 0.25) is 11.8 Å². The maximum absolute atomic E-state index is 12.7. The SMILES string of the molecule is N#C[C@H](CC(N)=O)NC(=O)[C@@H]1CCCN1C(=O)OCc1ccccc1-c1ccccc1. The number of hydrogen-bond acceptors (Lipinski definition) is 5. The third-order valence-corrected chi connectivity index (χ3v) is 5.12. The fourth-order valence-electron chi connectivity index (χ4n) is 3.62. The van der Waals surface area contributed by atoms with Crippen LogP contribution in [0.15, 0.2) is 54.6 Å². The summed E-state index contributed by atoms with van der Waals surface area (Å²) >= 11 is 0. The van der Waals surface area contributed by atoms with Crippen molar-refractivity contribution in [3.63, 3.8) is 0 Å². The summed E-state index contributed by atoms with van der Waals surface area (Å²) in [4.78, 5) is 37.6. The summed E-state index contributed by atoms with van der Waals surface area (Å²) < 4.78 is 5.52. The number of rotatable bonds is 7. The molecule has 8 nitrogen and oxygen atoms in total. The molecule has 1 saturated heterocycles. The van der Waals surface area contributed by atoms with Crippen molar-refractivity contribution in [2.24, 2.45) is 5.73 Å². The zero-order chi connectivity index (χ0) is 22.2. The molecule has 1 fully saturated rings. The normalized spacial score (nSPS) is 16.2. The third-order valence-electron chi connectivity index (χ3n) is 5.12. The average Bonchev–Trinajstić information content (AvgIpc) is 3.28. The van der Waals surface area contributed by atoms with Crippen LogP contribution < -0.4 is 11.1 Å². The molecule has 0 radical (unpaired) electrons. The minimum absolute atomic E-state index is 0.0667. The molecule has 0 aromatic heterocycles. The van der Waals surface area contributed by atoms with Crippen LogP contribution in [0, 0.1) is 11.3 Å². The van der Waals surface area contributed by atoms with Crippen LogP contribution in [0.3, 0.4) is 0 Å². The van der Waals surface area contributed by atoms with Crippen LogP contribution in [0.2, 0.25) is 0 Å². The minimum Gasteiger partial charge on any atom is -0.445 e. The average molecular weight is 420 g/mol. The van der Waals surface area contributed by atoms with Crippen LogP contribution in [0.25, 0.3) is 11.1 Å². The monoisotopic (exact) mass is 420 g/mol. The molecule has 3 N–H and O–H groups in total. The molecule has 0 aliphatic carbocycles. The number of nitrogens with one attached hydrogen (secondary N) is 1. The van der Waals surface area contributed by atoms with E-state index >= 15 is 0 Å². The van der Waals surface area contributed by atoms with Crippen molar-refractivity contribution in [2.45, 2.75) is 38.0 Å². The van der Waals surface area contributed by atoms with Crippen molar-refractivity contribution in [3.8, 4) is 17.2 Å². The molecule has 160 valence electrons. The first-order chi connectivity index (χ1) is 15.0. The second-order valence-electron chi connectivity index (χ2n) is 7.29. The Morgan fingerprint density at radius 2 is 1.87 bits per heavy atom. The lowest BCUT2D eigenvalue weighted by Crippen LogP contribution is -2.49. The van der Waals surface area contributed by atoms with E-state index in [2.05, 4.69) is 5.32 Å². The van der Waals surface area contributed by atoms with Gasteiger partial charge in [0.1, 0.15) is 18.7 Å². The van der Waals surface area contributed by atoms with Crippen molar-refractivity contribution in [1.29, 1.82) is 5.26 Å². The topological polar surface area (TPSA) is 126 Å². The van der Waals surface area contributed by atoms with E-state index in [0.29, 0.717) is 19.4 Å². The highest BCUT2D eigenvalue weighted by atomic mass is 16.6. The lowest BCUT2D eigenvalue weighted by molar-refractivity contribution is -0.125. The lowest BCUT2D eigenvalue weighted by atomic mass is 10.0. The van der Waals surface area contributed by atoms with E-state index in [9.17, 15) is 14.4 Å². The highest BCUT2D eigenvalue weighted by Crippen LogP contribution is 2.25. The number of amides is 3. The van der Waals surface area contributed by atoms with Gasteiger partial charge in [0, 0.05) is 6.54 Å². The Hall–Kier alpha value is -3.86. The second-order valence-corrected chi connectivity index (χ2v) is 7.29. The number of carbonyl (C=O) groups excluding carboxylic acids is 3. The van der Waals surface area contributed by atoms with E-state index < -0.39 is 30.0 Å². The Morgan fingerprint density at radius 1 is 1.16 bits per heavy atom. The van der Waals surface area contributed by atoms with Crippen molar-refractivity contribution in [2.75, 3.05) is 6.54 Å². The molecule has 0 spiro atoms. The van der Waals surface area contributed by atoms with E-state index in [1.165, 1.54) is 4.90 Å². The standard InChI is InChI=1S/C23H24N4O4/c24-14-18(13-21(25)28)26-22(29)20-11-6-12-27(20)23(30)31-15-17-9-4-5-10-19(17)16-7-2-1-3-8-16/h1-5,7-10,18,20H,6,11-13,15H2,(H2,25,28)(H,26,29)/t18-,20-/m0/s1. The number of likely N-dealkylation sites (tertiary alicyclic amines) is 1. The molecule has 0 unspecified atom stereocenters. The molecule has 2 aromatic rings. The molecule has 2 atom stereocenters. The number of nitriles is 1. The minimum atomic E-state index is -1.03. The number of carbonyl (C=O) groups is 3. The molecule has 0 saturated carbocycles. The van der Waals surface area contributed by atoms with Crippen molar-refractivity contribution in [3.05, 3.63) is 60.2 Å². The lowest BCUT2D eigenvalue weighted by Gasteiger charge is -2.24. The molecule has 2 aromatic carbocycles. The van der Waals surface area contributed by atoms with Gasteiger partial charge >= 0.3 is 6.09 Å². The maximum atomic E-state index is 12.7. The Labute approximate surface area is 180 Å². The van der Waals surface area contributed by atoms with Gasteiger partial charge in [-0.05, 0) is 29.5 Å². The van der Waals surface area contributed by atoms with Gasteiger partial charge in [0.25, 0.3) is 0 Å². The number of benzene rings is 2. The Balaban J connectivity index is 1.64. The van der Waals surface area contributed by atoms with Crippen LogP contribution in [0.1, 0.15) is 24.8 Å². The van der Waals surface area contributed by atoms with Gasteiger partial charge in [-0.15, -0.1) is 0 Å². The molecule has 31 heavy (non-hydrogen) atoms. The van der Waals surface area contributed by atoms with Crippen LogP contribution in [-0.4, -0.2) is 41.4 Å². The quantitative estimate of drug-likeness (QED) is 0.711. The Morgan fingerprint density at radius 3 is 2.58 bits per heavy atom. The van der Waals surface area contributed by atoms with Crippen molar-refractivity contribution in [1.82, 2.24) is 10.2 Å². The Kier molecular flexibility index (Phi) is 7.22. The summed E-state index contributed by atoms with van der Waals surface area (Å²) in [7, 11) is 0. The molecular weight excluding hydrogens is 396 g/mol. The zero-order valence-electron chi connectivity index (χ0n) is 17.0. The summed E-state index contributed by atoms with van der Waals surface area (Å²) in [6.07, 6.45) is 0.219. The van der Waals surface area contributed by atoms with E-state index in [1.807, 2.05) is 60.7 Å². The first-order valence-corrected chi connectivity index (χ1v) is 10.0. The smallest absolute Gasteiger partial charge is 0.410 e. The first kappa shape index (κ1) is 21.8. The van der Waals surface area contributed by atoms with Gasteiger partial charge in [0.05, 0.1) is 12.5 Å². The van der Waals surface area contributed by atoms with Crippen LogP contribution in [0.4, 0.5) is 4.79 Å². The fraction of sp³-hybridized carbons (Fsp3) is 0.304. The number of ether oxygens (including phenoxy) is 1. The predicted octanol–water partition coefficient (Wildman–Crippen LogP) is 2.34. The van der Waals surface area contributed by atoms with Gasteiger partial charge in [-0.25, -0.2) is 4.79 Å². The molecule has 8 heteroatoms. The fourth-order valence-corrected chi connectivity index (χ4v) is 3.62. The molecule has 3 rings (SSSR count). The van der Waals surface area contributed by atoms with Gasteiger partial charge in [-0.2, -0.15) is 5.26 Å². The zero-order valence-corrected chi connectivity index (χ0v) is 17.0. The maximum Gasteiger partial charge on any atom is 0.410 e. The van der Waals surface area contributed by atoms with Gasteiger partial charge < -0.3 is 15.8 Å². The molecular formula is C23H24N4O4. The second kappa shape index (κ2) is 10.3. The third kappa shape index (κ3) is 5.60. The van der Waals surface area contributed by atoms with Crippen molar-refractivity contribution >= 4 is 17.9 Å². The number of primary amides is 1. The highest BCUT2D eigenvalue weighted by molar-refractivity contribution is 5.87. The molecule has 0 bridgehead atoms. The summed E-state index contributed by atoms with van der Waals surface area (Å²) in [5.74, 6) is -1.18. The summed E-state index contributed by atoms with van der Waals surface area (Å²) in [5.41, 5.74) is 7.94. The largest absolute Gasteiger partial charge is 0.445 e. The van der Waals surface area contributed by atoms with Gasteiger partial charge in [0.15, 0.2) is 0 Å². The summed E-state index contributed by atoms with van der Waals surface area (Å²) in [6, 6.07) is 17.5. The van der Waals surface area contributed by atoms with Crippen LogP contribution >= 0.6 is 0 Å². The summed E-state index contributed by atoms with van der Waals surface area (Å²) in [6.45, 7) is 0.446. The van der Waals surface area contributed by atoms with E-state index in [-0.39, 0.29) is 13.0 Å². The van der Waals surface area contributed by atoms with Crippen LogP contribution in [-0.2, 0) is 20.9 Å². The van der Waals surface area contributed by atoms with Crippen LogP contribution in [0.5, 0.6) is 0 Å². The summed E-state index contributed by atoms with van der Waals surface area (Å²) in [5, 5.41) is 11.6. The molecule has 3 amide bonds. The molecule has 1 aliphatic rings. The van der Waals surface area contributed by atoms with E-state index in [0.717, 1.165) is 16.7 Å². The van der Waals surface area contributed by atoms with E-state index in [1.54, 1.807) is 0 Å².